The topological polar surface area (TPSA) is 120 Å². The van der Waals surface area contributed by atoms with Gasteiger partial charge in [0.1, 0.15) is 35.3 Å². The van der Waals surface area contributed by atoms with Gasteiger partial charge in [-0.2, -0.15) is 10.4 Å². The van der Waals surface area contributed by atoms with Gasteiger partial charge in [0, 0.05) is 40.5 Å². The molecule has 4 heterocycles. The van der Waals surface area contributed by atoms with E-state index < -0.39 is 11.4 Å². The van der Waals surface area contributed by atoms with E-state index in [-0.39, 0.29) is 18.6 Å². The first-order valence-electron chi connectivity index (χ1n) is 12.2. The summed E-state index contributed by atoms with van der Waals surface area (Å²) < 4.78 is 21.4. The zero-order valence-electron chi connectivity index (χ0n) is 21.2. The Morgan fingerprint density at radius 1 is 1.16 bits per heavy atom. The van der Waals surface area contributed by atoms with E-state index in [4.69, 9.17) is 9.72 Å². The van der Waals surface area contributed by atoms with Gasteiger partial charge in [-0.3, -0.25) is 14.9 Å². The van der Waals surface area contributed by atoms with Crippen LogP contribution in [0.5, 0.6) is 5.75 Å². The van der Waals surface area contributed by atoms with Crippen LogP contribution >= 0.6 is 0 Å². The SMILES string of the molecule is CCc1ncc(F)c(COc2cccc3c(-c4[nH]ncc4C)cc(C)nc23)c1Cc1cc[nH]c(=O)c1C#N. The molecule has 0 amide bonds. The lowest BCUT2D eigenvalue weighted by Crippen LogP contribution is -2.15. The fraction of sp³-hybridized carbons (Fsp3) is 0.207. The Morgan fingerprint density at radius 3 is 2.74 bits per heavy atom. The predicted molar refractivity (Wildman–Crippen MR) is 141 cm³/mol. The Kier molecular flexibility index (Phi) is 6.71. The maximum absolute atomic E-state index is 15.2. The summed E-state index contributed by atoms with van der Waals surface area (Å²) in [6.45, 7) is 5.74. The number of rotatable bonds is 7. The van der Waals surface area contributed by atoms with E-state index in [9.17, 15) is 10.1 Å². The minimum Gasteiger partial charge on any atom is -0.486 e. The van der Waals surface area contributed by atoms with Crippen LogP contribution in [0, 0.1) is 31.0 Å². The smallest absolute Gasteiger partial charge is 0.266 e. The van der Waals surface area contributed by atoms with Crippen LogP contribution < -0.4 is 10.3 Å². The molecule has 4 aromatic heterocycles. The van der Waals surface area contributed by atoms with Crippen LogP contribution in [0.2, 0.25) is 0 Å². The molecule has 0 radical (unpaired) electrons. The molecule has 0 atom stereocenters. The highest BCUT2D eigenvalue weighted by atomic mass is 19.1. The van der Waals surface area contributed by atoms with Gasteiger partial charge in [-0.1, -0.05) is 19.1 Å². The molecule has 0 aliphatic heterocycles. The van der Waals surface area contributed by atoms with E-state index in [1.165, 1.54) is 12.4 Å². The summed E-state index contributed by atoms with van der Waals surface area (Å²) in [4.78, 5) is 23.7. The number of aromatic amines is 2. The summed E-state index contributed by atoms with van der Waals surface area (Å²) in [7, 11) is 0. The van der Waals surface area contributed by atoms with E-state index in [0.29, 0.717) is 40.1 Å². The Bertz CT molecular complexity index is 1770. The molecule has 0 unspecified atom stereocenters. The van der Waals surface area contributed by atoms with E-state index in [2.05, 4.69) is 20.2 Å². The fourth-order valence-electron chi connectivity index (χ4n) is 4.70. The Morgan fingerprint density at radius 2 is 2.00 bits per heavy atom. The highest BCUT2D eigenvalue weighted by Gasteiger charge is 2.19. The van der Waals surface area contributed by atoms with Crippen LogP contribution in [0.1, 0.15) is 46.1 Å². The molecule has 5 aromatic rings. The number of halogens is 1. The minimum absolute atomic E-state index is 0.000964. The molecule has 8 nitrogen and oxygen atoms in total. The normalized spacial score (nSPS) is 11.0. The predicted octanol–water partition coefficient (Wildman–Crippen LogP) is 5.07. The fourth-order valence-corrected chi connectivity index (χ4v) is 4.70. The van der Waals surface area contributed by atoms with Crippen molar-refractivity contribution >= 4 is 10.9 Å². The minimum atomic E-state index is -0.515. The summed E-state index contributed by atoms with van der Waals surface area (Å²) in [5.41, 5.74) is 5.96. The molecule has 38 heavy (non-hydrogen) atoms. The van der Waals surface area contributed by atoms with Crippen molar-refractivity contribution in [3.63, 3.8) is 0 Å². The van der Waals surface area contributed by atoms with Gasteiger partial charge in [-0.15, -0.1) is 0 Å². The lowest BCUT2D eigenvalue weighted by molar-refractivity contribution is 0.301. The van der Waals surface area contributed by atoms with Crippen LogP contribution in [0.4, 0.5) is 4.39 Å². The van der Waals surface area contributed by atoms with Crippen LogP contribution in [0.15, 0.2) is 53.7 Å². The maximum Gasteiger partial charge on any atom is 0.266 e. The van der Waals surface area contributed by atoms with Crippen molar-refractivity contribution < 1.29 is 9.13 Å². The molecular formula is C29H25FN6O2. The largest absolute Gasteiger partial charge is 0.486 e. The summed E-state index contributed by atoms with van der Waals surface area (Å²) in [6.07, 6.45) is 5.17. The second-order valence-corrected chi connectivity index (χ2v) is 9.04. The zero-order valence-corrected chi connectivity index (χ0v) is 21.2. The van der Waals surface area contributed by atoms with Crippen molar-refractivity contribution in [3.8, 4) is 23.1 Å². The highest BCUT2D eigenvalue weighted by Crippen LogP contribution is 2.34. The van der Waals surface area contributed by atoms with Crippen molar-refractivity contribution in [2.75, 3.05) is 0 Å². The summed E-state index contributed by atoms with van der Waals surface area (Å²) in [5, 5.41) is 17.6. The van der Waals surface area contributed by atoms with E-state index in [0.717, 1.165) is 27.9 Å². The van der Waals surface area contributed by atoms with Gasteiger partial charge in [0.2, 0.25) is 0 Å². The van der Waals surface area contributed by atoms with Gasteiger partial charge in [-0.05, 0) is 55.2 Å². The number of ether oxygens (including phenoxy) is 1. The number of nitriles is 1. The number of benzene rings is 1. The van der Waals surface area contributed by atoms with Crippen LogP contribution in [-0.2, 0) is 19.4 Å². The average molecular weight is 509 g/mol. The molecular weight excluding hydrogens is 483 g/mol. The summed E-state index contributed by atoms with van der Waals surface area (Å²) in [6, 6.07) is 11.3. The number of aryl methyl sites for hydroxylation is 3. The maximum atomic E-state index is 15.2. The molecule has 9 heteroatoms. The molecule has 0 saturated heterocycles. The molecule has 5 rings (SSSR count). The van der Waals surface area contributed by atoms with Gasteiger partial charge in [-0.25, -0.2) is 9.37 Å². The first-order chi connectivity index (χ1) is 18.4. The second kappa shape index (κ2) is 10.3. The Hall–Kier alpha value is -4.84. The molecule has 0 fully saturated rings. The number of hydrogen-bond donors (Lipinski definition) is 2. The third-order valence-electron chi connectivity index (χ3n) is 6.60. The quantitative estimate of drug-likeness (QED) is 0.317. The molecule has 0 bridgehead atoms. The summed E-state index contributed by atoms with van der Waals surface area (Å²) in [5.74, 6) is -0.00241. The van der Waals surface area contributed by atoms with Crippen molar-refractivity contribution in [1.29, 1.82) is 5.26 Å². The molecule has 0 saturated carbocycles. The van der Waals surface area contributed by atoms with Crippen LogP contribution in [-0.4, -0.2) is 25.1 Å². The van der Waals surface area contributed by atoms with Crippen molar-refractivity contribution in [2.24, 2.45) is 0 Å². The lowest BCUT2D eigenvalue weighted by atomic mass is 9.95. The second-order valence-electron chi connectivity index (χ2n) is 9.04. The van der Waals surface area contributed by atoms with Gasteiger partial charge in [0.05, 0.1) is 18.1 Å². The zero-order chi connectivity index (χ0) is 26.8. The van der Waals surface area contributed by atoms with Crippen molar-refractivity contribution in [3.05, 3.63) is 104 Å². The molecule has 1 aromatic carbocycles. The van der Waals surface area contributed by atoms with Crippen LogP contribution in [0.25, 0.3) is 22.2 Å². The lowest BCUT2D eigenvalue weighted by Gasteiger charge is -2.17. The van der Waals surface area contributed by atoms with Crippen molar-refractivity contribution in [1.82, 2.24) is 25.1 Å². The van der Waals surface area contributed by atoms with E-state index in [1.807, 2.05) is 51.1 Å². The molecule has 0 aliphatic rings. The average Bonchev–Trinajstić information content (AvgIpc) is 3.34. The molecule has 190 valence electrons. The molecule has 0 aliphatic carbocycles. The third kappa shape index (κ3) is 4.52. The number of fused-ring (bicyclic) bond motifs is 1. The number of para-hydroxylation sites is 1. The van der Waals surface area contributed by atoms with Crippen LogP contribution in [0.3, 0.4) is 0 Å². The number of hydrogen-bond acceptors (Lipinski definition) is 6. The van der Waals surface area contributed by atoms with Gasteiger partial charge in [0.25, 0.3) is 5.56 Å². The number of aromatic nitrogens is 5. The molecule has 2 N–H and O–H groups in total. The Balaban J connectivity index is 1.56. The number of H-pyrrole nitrogens is 2. The summed E-state index contributed by atoms with van der Waals surface area (Å²) >= 11 is 0. The van der Waals surface area contributed by atoms with Gasteiger partial charge < -0.3 is 9.72 Å². The number of pyridine rings is 3. The standard InChI is InChI=1S/C29H25FN6O2/c1-4-25-20(11-18-8-9-32-29(37)22(18)12-31)23(24(30)14-33-25)15-38-26-7-5-6-19-21(10-17(3)35-28(19)26)27-16(2)13-34-36-27/h5-10,13-14H,4,11,15H2,1-3H3,(H,32,37)(H,34,36). The first kappa shape index (κ1) is 24.8. The third-order valence-corrected chi connectivity index (χ3v) is 6.60. The molecule has 0 spiro atoms. The monoisotopic (exact) mass is 508 g/mol. The van der Waals surface area contributed by atoms with Gasteiger partial charge >= 0.3 is 0 Å². The van der Waals surface area contributed by atoms with Crippen molar-refractivity contribution in [2.45, 2.75) is 40.2 Å². The van der Waals surface area contributed by atoms with E-state index in [1.54, 1.807) is 12.3 Å². The highest BCUT2D eigenvalue weighted by molar-refractivity contribution is 5.97. The number of nitrogens with zero attached hydrogens (tertiary/aromatic N) is 4. The van der Waals surface area contributed by atoms with Gasteiger partial charge in [0.15, 0.2) is 0 Å². The number of nitrogens with one attached hydrogen (secondary N) is 2. The first-order valence-corrected chi connectivity index (χ1v) is 12.2. The Labute approximate surface area is 218 Å². The van der Waals surface area contributed by atoms with E-state index >= 15 is 4.39 Å².